The summed E-state index contributed by atoms with van der Waals surface area (Å²) in [6, 6.07) is 9.37. The monoisotopic (exact) mass is 338 g/mol. The summed E-state index contributed by atoms with van der Waals surface area (Å²) in [4.78, 5) is 10.7. The molecule has 0 aliphatic carbocycles. The molecule has 0 saturated heterocycles. The molecule has 0 atom stereocenters. The van der Waals surface area contributed by atoms with Gasteiger partial charge < -0.3 is 10.1 Å². The topological polar surface area (TPSA) is 84.5 Å². The first kappa shape index (κ1) is 16.8. The number of nitrogens with one attached hydrogen (secondary N) is 2. The lowest BCUT2D eigenvalue weighted by atomic mass is 10.2. The smallest absolute Gasteiger partial charge is 0.264 e. The van der Waals surface area contributed by atoms with Crippen molar-refractivity contribution in [2.75, 3.05) is 17.1 Å². The molecule has 0 heterocycles. The van der Waals surface area contributed by atoms with E-state index in [0.717, 1.165) is 12.1 Å². The molecular formula is C15H15FN2O4S. The number of sulfonamides is 1. The van der Waals surface area contributed by atoms with Gasteiger partial charge in [-0.3, -0.25) is 9.52 Å². The van der Waals surface area contributed by atoms with Crippen LogP contribution in [-0.4, -0.2) is 21.4 Å². The summed E-state index contributed by atoms with van der Waals surface area (Å²) >= 11 is 0. The van der Waals surface area contributed by atoms with Crippen molar-refractivity contribution in [3.8, 4) is 5.75 Å². The van der Waals surface area contributed by atoms with Crippen LogP contribution in [0.5, 0.6) is 5.75 Å². The van der Waals surface area contributed by atoms with Crippen LogP contribution < -0.4 is 14.8 Å². The standard InChI is InChI=1S/C15H15FN2O4S/c1-10(19)17-13-9-11(7-8-14(13)22-2)18-23(20,21)15-6-4-3-5-12(15)16/h3-9,18H,1-2H3,(H,17,19). The zero-order valence-electron chi connectivity index (χ0n) is 12.5. The first-order chi connectivity index (χ1) is 10.8. The zero-order chi connectivity index (χ0) is 17.0. The number of rotatable bonds is 5. The van der Waals surface area contributed by atoms with E-state index >= 15 is 0 Å². The molecule has 1 amide bonds. The molecule has 0 spiro atoms. The van der Waals surface area contributed by atoms with Crippen LogP contribution in [-0.2, 0) is 14.8 Å². The Morgan fingerprint density at radius 1 is 1.17 bits per heavy atom. The summed E-state index contributed by atoms with van der Waals surface area (Å²) in [5, 5.41) is 2.53. The quantitative estimate of drug-likeness (QED) is 0.877. The molecule has 0 aliphatic rings. The Hall–Kier alpha value is -2.61. The van der Waals surface area contributed by atoms with Gasteiger partial charge in [-0.2, -0.15) is 0 Å². The average molecular weight is 338 g/mol. The molecule has 2 aromatic carbocycles. The molecule has 0 fully saturated rings. The van der Waals surface area contributed by atoms with Crippen LogP contribution in [0.15, 0.2) is 47.4 Å². The number of anilines is 2. The van der Waals surface area contributed by atoms with Crippen molar-refractivity contribution < 1.29 is 22.3 Å². The second kappa shape index (κ2) is 6.66. The van der Waals surface area contributed by atoms with E-state index in [2.05, 4.69) is 10.0 Å². The van der Waals surface area contributed by atoms with Gasteiger partial charge in [0.15, 0.2) is 0 Å². The van der Waals surface area contributed by atoms with Gasteiger partial charge >= 0.3 is 0 Å². The van der Waals surface area contributed by atoms with Gasteiger partial charge in [0, 0.05) is 6.92 Å². The highest BCUT2D eigenvalue weighted by atomic mass is 32.2. The Labute approximate surface area is 133 Å². The van der Waals surface area contributed by atoms with Gasteiger partial charge in [0.05, 0.1) is 18.5 Å². The summed E-state index contributed by atoms with van der Waals surface area (Å²) in [7, 11) is -2.67. The van der Waals surface area contributed by atoms with Crippen LogP contribution >= 0.6 is 0 Å². The van der Waals surface area contributed by atoms with Crippen LogP contribution in [0.3, 0.4) is 0 Å². The molecule has 0 saturated carbocycles. The fraction of sp³-hybridized carbons (Fsp3) is 0.133. The minimum Gasteiger partial charge on any atom is -0.495 e. The van der Waals surface area contributed by atoms with E-state index in [1.165, 1.54) is 44.4 Å². The van der Waals surface area contributed by atoms with Crippen LogP contribution in [0.1, 0.15) is 6.92 Å². The summed E-state index contributed by atoms with van der Waals surface area (Å²) in [6.45, 7) is 1.32. The Bertz CT molecular complexity index is 837. The molecule has 0 aliphatic heterocycles. The van der Waals surface area contributed by atoms with Gasteiger partial charge in [-0.15, -0.1) is 0 Å². The molecule has 8 heteroatoms. The lowest BCUT2D eigenvalue weighted by Crippen LogP contribution is -2.15. The van der Waals surface area contributed by atoms with E-state index in [1.54, 1.807) is 0 Å². The fourth-order valence-electron chi connectivity index (χ4n) is 1.93. The van der Waals surface area contributed by atoms with Crippen molar-refractivity contribution in [3.63, 3.8) is 0 Å². The predicted molar refractivity (Wildman–Crippen MR) is 84.5 cm³/mol. The summed E-state index contributed by atoms with van der Waals surface area (Å²) < 4.78 is 45.5. The summed E-state index contributed by atoms with van der Waals surface area (Å²) in [5.41, 5.74) is 0.464. The molecule has 122 valence electrons. The number of ether oxygens (including phenoxy) is 1. The molecule has 0 aromatic heterocycles. The molecule has 0 radical (unpaired) electrons. The Morgan fingerprint density at radius 3 is 2.48 bits per heavy atom. The van der Waals surface area contributed by atoms with E-state index in [0.29, 0.717) is 11.4 Å². The Balaban J connectivity index is 2.36. The van der Waals surface area contributed by atoms with Crippen molar-refractivity contribution >= 4 is 27.3 Å². The number of halogens is 1. The number of amides is 1. The third kappa shape index (κ3) is 3.98. The minimum atomic E-state index is -4.09. The first-order valence-corrected chi connectivity index (χ1v) is 8.05. The van der Waals surface area contributed by atoms with E-state index in [9.17, 15) is 17.6 Å². The van der Waals surface area contributed by atoms with Crippen LogP contribution in [0.2, 0.25) is 0 Å². The highest BCUT2D eigenvalue weighted by molar-refractivity contribution is 7.92. The van der Waals surface area contributed by atoms with Crippen molar-refractivity contribution in [2.24, 2.45) is 0 Å². The van der Waals surface area contributed by atoms with Crippen LogP contribution in [0.25, 0.3) is 0 Å². The third-order valence-corrected chi connectivity index (χ3v) is 4.30. The molecule has 0 bridgehead atoms. The van der Waals surface area contributed by atoms with Gasteiger partial charge in [0.25, 0.3) is 10.0 Å². The van der Waals surface area contributed by atoms with E-state index in [4.69, 9.17) is 4.74 Å². The van der Waals surface area contributed by atoms with E-state index in [-0.39, 0.29) is 11.6 Å². The molecule has 6 nitrogen and oxygen atoms in total. The maximum Gasteiger partial charge on any atom is 0.264 e. The summed E-state index contributed by atoms with van der Waals surface area (Å²) in [5.74, 6) is -0.818. The predicted octanol–water partition coefficient (Wildman–Crippen LogP) is 2.59. The molecule has 2 rings (SSSR count). The second-order valence-electron chi connectivity index (χ2n) is 4.63. The van der Waals surface area contributed by atoms with E-state index < -0.39 is 20.7 Å². The average Bonchev–Trinajstić information content (AvgIpc) is 2.46. The number of hydrogen-bond donors (Lipinski definition) is 2. The van der Waals surface area contributed by atoms with Gasteiger partial charge in [0.2, 0.25) is 5.91 Å². The molecule has 2 aromatic rings. The van der Waals surface area contributed by atoms with Crippen molar-refractivity contribution in [1.82, 2.24) is 0 Å². The van der Waals surface area contributed by atoms with Crippen LogP contribution in [0, 0.1) is 5.82 Å². The second-order valence-corrected chi connectivity index (χ2v) is 6.28. The minimum absolute atomic E-state index is 0.165. The van der Waals surface area contributed by atoms with Gasteiger partial charge in [-0.1, -0.05) is 12.1 Å². The summed E-state index contributed by atoms with van der Waals surface area (Å²) in [6.07, 6.45) is 0. The molecular weight excluding hydrogens is 323 g/mol. The maximum atomic E-state index is 13.7. The van der Waals surface area contributed by atoms with Crippen LogP contribution in [0.4, 0.5) is 15.8 Å². The lowest BCUT2D eigenvalue weighted by molar-refractivity contribution is -0.114. The number of carbonyl (C=O) groups excluding carboxylic acids is 1. The largest absolute Gasteiger partial charge is 0.495 e. The lowest BCUT2D eigenvalue weighted by Gasteiger charge is -2.13. The third-order valence-electron chi connectivity index (χ3n) is 2.89. The highest BCUT2D eigenvalue weighted by Gasteiger charge is 2.19. The SMILES string of the molecule is COc1ccc(NS(=O)(=O)c2ccccc2F)cc1NC(C)=O. The van der Waals surface area contributed by atoms with Gasteiger partial charge in [0.1, 0.15) is 16.5 Å². The first-order valence-electron chi connectivity index (χ1n) is 6.56. The van der Waals surface area contributed by atoms with Crippen molar-refractivity contribution in [1.29, 1.82) is 0 Å². The molecule has 2 N–H and O–H groups in total. The fourth-order valence-corrected chi connectivity index (χ4v) is 3.06. The van der Waals surface area contributed by atoms with Crippen molar-refractivity contribution in [2.45, 2.75) is 11.8 Å². The molecule has 23 heavy (non-hydrogen) atoms. The van der Waals surface area contributed by atoms with Crippen molar-refractivity contribution in [3.05, 3.63) is 48.3 Å². The number of hydrogen-bond acceptors (Lipinski definition) is 4. The normalized spacial score (nSPS) is 10.9. The number of methoxy groups -OCH3 is 1. The van der Waals surface area contributed by atoms with Gasteiger partial charge in [-0.05, 0) is 30.3 Å². The molecule has 0 unspecified atom stereocenters. The maximum absolute atomic E-state index is 13.7. The Kier molecular flexibility index (Phi) is 4.85. The zero-order valence-corrected chi connectivity index (χ0v) is 13.3. The number of benzene rings is 2. The Morgan fingerprint density at radius 2 is 1.87 bits per heavy atom. The number of carbonyl (C=O) groups is 1. The van der Waals surface area contributed by atoms with Gasteiger partial charge in [-0.25, -0.2) is 12.8 Å². The highest BCUT2D eigenvalue weighted by Crippen LogP contribution is 2.29. The van der Waals surface area contributed by atoms with E-state index in [1.807, 2.05) is 0 Å².